The summed E-state index contributed by atoms with van der Waals surface area (Å²) in [7, 11) is 0. The molecule has 17 heavy (non-hydrogen) atoms. The van der Waals surface area contributed by atoms with Gasteiger partial charge in [-0.05, 0) is 24.3 Å². The van der Waals surface area contributed by atoms with Crippen LogP contribution in [0.3, 0.4) is 0 Å². The molecule has 0 radical (unpaired) electrons. The predicted molar refractivity (Wildman–Crippen MR) is 65.9 cm³/mol. The summed E-state index contributed by atoms with van der Waals surface area (Å²) in [6, 6.07) is 4.23. The third kappa shape index (κ3) is 3.40. The first-order valence-corrected chi connectivity index (χ1v) is 5.96. The number of benzene rings is 1. The highest BCUT2D eigenvalue weighted by molar-refractivity contribution is 6.20. The van der Waals surface area contributed by atoms with Crippen molar-refractivity contribution in [3.63, 3.8) is 0 Å². The zero-order valence-corrected chi connectivity index (χ0v) is 10.6. The maximum absolute atomic E-state index is 13.8. The van der Waals surface area contributed by atoms with Gasteiger partial charge in [0.25, 0.3) is 0 Å². The second kappa shape index (κ2) is 5.96. The molecule has 0 bridgehead atoms. The lowest BCUT2D eigenvalue weighted by molar-refractivity contribution is -0.387. The molecule has 0 aromatic heterocycles. The number of alkyl halides is 1. The normalized spacial score (nSPS) is 14.4. The van der Waals surface area contributed by atoms with Crippen molar-refractivity contribution in [3.8, 4) is 0 Å². The Morgan fingerprint density at radius 2 is 2.18 bits per heavy atom. The van der Waals surface area contributed by atoms with Crippen LogP contribution >= 0.6 is 11.6 Å². The van der Waals surface area contributed by atoms with Gasteiger partial charge in [-0.3, -0.25) is 10.1 Å². The van der Waals surface area contributed by atoms with Crippen LogP contribution in [0.2, 0.25) is 0 Å². The molecule has 1 rings (SSSR count). The van der Waals surface area contributed by atoms with Crippen molar-refractivity contribution in [2.45, 2.75) is 32.1 Å². The van der Waals surface area contributed by atoms with Crippen LogP contribution in [0.15, 0.2) is 18.2 Å². The van der Waals surface area contributed by atoms with Gasteiger partial charge in [0.05, 0.1) is 4.92 Å². The Kier molecular flexibility index (Phi) is 4.87. The SMILES string of the molecule is CCC(Cl)C(C)Cc1cccc([N+](=O)[O-])c1F. The van der Waals surface area contributed by atoms with Gasteiger partial charge >= 0.3 is 5.69 Å². The maximum Gasteiger partial charge on any atom is 0.305 e. The standard InChI is InChI=1S/C12H15ClFNO2/c1-3-10(13)8(2)7-9-5-4-6-11(12(9)14)15(16)17/h4-6,8,10H,3,7H2,1-2H3. The van der Waals surface area contributed by atoms with Crippen molar-refractivity contribution in [1.82, 2.24) is 0 Å². The first kappa shape index (κ1) is 13.9. The van der Waals surface area contributed by atoms with Gasteiger partial charge in [0.2, 0.25) is 5.82 Å². The van der Waals surface area contributed by atoms with Gasteiger partial charge < -0.3 is 0 Å². The van der Waals surface area contributed by atoms with Gasteiger partial charge in [-0.25, -0.2) is 0 Å². The van der Waals surface area contributed by atoms with Gasteiger partial charge in [-0.2, -0.15) is 4.39 Å². The quantitative estimate of drug-likeness (QED) is 0.457. The third-order valence-corrected chi connectivity index (χ3v) is 3.54. The fourth-order valence-corrected chi connectivity index (χ4v) is 1.83. The number of halogens is 2. The molecular weight excluding hydrogens is 245 g/mol. The molecule has 2 unspecified atom stereocenters. The number of hydrogen-bond acceptors (Lipinski definition) is 2. The molecule has 3 nitrogen and oxygen atoms in total. The van der Waals surface area contributed by atoms with E-state index in [4.69, 9.17) is 11.6 Å². The molecule has 2 atom stereocenters. The van der Waals surface area contributed by atoms with Gasteiger partial charge in [-0.15, -0.1) is 11.6 Å². The van der Waals surface area contributed by atoms with E-state index in [0.717, 1.165) is 6.42 Å². The number of nitro benzene ring substituents is 1. The topological polar surface area (TPSA) is 43.1 Å². The second-order valence-corrected chi connectivity index (χ2v) is 4.67. The first-order valence-electron chi connectivity index (χ1n) is 5.53. The predicted octanol–water partition coefficient (Wildman–Crippen LogP) is 3.93. The molecule has 0 aliphatic carbocycles. The van der Waals surface area contributed by atoms with Gasteiger partial charge in [0, 0.05) is 11.4 Å². The summed E-state index contributed by atoms with van der Waals surface area (Å²) in [5, 5.41) is 10.5. The Labute approximate surface area is 105 Å². The summed E-state index contributed by atoms with van der Waals surface area (Å²) in [4.78, 5) is 9.88. The molecule has 1 aromatic rings. The first-order chi connectivity index (χ1) is 7.97. The number of nitrogens with zero attached hydrogens (tertiary/aromatic N) is 1. The van der Waals surface area contributed by atoms with Crippen LogP contribution in [-0.2, 0) is 6.42 Å². The summed E-state index contributed by atoms with van der Waals surface area (Å²) in [6.45, 7) is 3.87. The zero-order valence-electron chi connectivity index (χ0n) is 9.82. The number of hydrogen-bond donors (Lipinski definition) is 0. The van der Waals surface area contributed by atoms with Crippen LogP contribution in [-0.4, -0.2) is 10.3 Å². The monoisotopic (exact) mass is 259 g/mol. The molecule has 0 amide bonds. The average molecular weight is 260 g/mol. The number of rotatable bonds is 5. The van der Waals surface area contributed by atoms with Crippen molar-refractivity contribution < 1.29 is 9.31 Å². The summed E-state index contributed by atoms with van der Waals surface area (Å²) >= 11 is 6.06. The van der Waals surface area contributed by atoms with E-state index in [0.29, 0.717) is 12.0 Å². The Morgan fingerprint density at radius 1 is 1.53 bits per heavy atom. The van der Waals surface area contributed by atoms with Crippen LogP contribution in [0.25, 0.3) is 0 Å². The molecule has 0 N–H and O–H groups in total. The van der Waals surface area contributed by atoms with E-state index in [1.165, 1.54) is 12.1 Å². The van der Waals surface area contributed by atoms with E-state index < -0.39 is 16.4 Å². The van der Waals surface area contributed by atoms with Crippen molar-refractivity contribution in [3.05, 3.63) is 39.7 Å². The molecule has 0 fully saturated rings. The van der Waals surface area contributed by atoms with Crippen LogP contribution < -0.4 is 0 Å². The van der Waals surface area contributed by atoms with Crippen LogP contribution in [0.1, 0.15) is 25.8 Å². The Balaban J connectivity index is 2.92. The van der Waals surface area contributed by atoms with Crippen molar-refractivity contribution >= 4 is 17.3 Å². The molecule has 0 aliphatic rings. The molecular formula is C12H15ClFNO2. The molecule has 1 aromatic carbocycles. The van der Waals surface area contributed by atoms with Crippen LogP contribution in [0.5, 0.6) is 0 Å². The summed E-state index contributed by atoms with van der Waals surface area (Å²) in [6.07, 6.45) is 1.20. The van der Waals surface area contributed by atoms with Crippen molar-refractivity contribution in [1.29, 1.82) is 0 Å². The minimum absolute atomic E-state index is 0.0475. The fourth-order valence-electron chi connectivity index (χ4n) is 1.74. The van der Waals surface area contributed by atoms with Gasteiger partial charge in [0.15, 0.2) is 0 Å². The minimum atomic E-state index is -0.746. The fraction of sp³-hybridized carbons (Fsp3) is 0.500. The van der Waals surface area contributed by atoms with E-state index in [9.17, 15) is 14.5 Å². The zero-order chi connectivity index (χ0) is 13.0. The molecule has 0 saturated carbocycles. The second-order valence-electron chi connectivity index (χ2n) is 4.11. The number of nitro groups is 1. The smallest absolute Gasteiger partial charge is 0.258 e. The van der Waals surface area contributed by atoms with E-state index in [1.807, 2.05) is 13.8 Å². The lowest BCUT2D eigenvalue weighted by Gasteiger charge is -2.16. The van der Waals surface area contributed by atoms with Crippen LogP contribution in [0, 0.1) is 21.8 Å². The highest BCUT2D eigenvalue weighted by Gasteiger charge is 2.20. The maximum atomic E-state index is 13.8. The molecule has 0 heterocycles. The molecule has 94 valence electrons. The van der Waals surface area contributed by atoms with Crippen molar-refractivity contribution in [2.24, 2.45) is 5.92 Å². The van der Waals surface area contributed by atoms with E-state index >= 15 is 0 Å². The molecule has 5 heteroatoms. The highest BCUT2D eigenvalue weighted by Crippen LogP contribution is 2.25. The summed E-state index contributed by atoms with van der Waals surface area (Å²) < 4.78 is 13.8. The summed E-state index contributed by atoms with van der Waals surface area (Å²) in [5.41, 5.74) is -0.122. The summed E-state index contributed by atoms with van der Waals surface area (Å²) in [5.74, 6) is -0.664. The third-order valence-electron chi connectivity index (χ3n) is 2.80. The average Bonchev–Trinajstić information content (AvgIpc) is 2.30. The highest BCUT2D eigenvalue weighted by atomic mass is 35.5. The lowest BCUT2D eigenvalue weighted by Crippen LogP contribution is -2.14. The Morgan fingerprint density at radius 3 is 2.71 bits per heavy atom. The minimum Gasteiger partial charge on any atom is -0.258 e. The van der Waals surface area contributed by atoms with Crippen LogP contribution in [0.4, 0.5) is 10.1 Å². The van der Waals surface area contributed by atoms with E-state index in [-0.39, 0.29) is 11.3 Å². The van der Waals surface area contributed by atoms with Gasteiger partial charge in [-0.1, -0.05) is 26.0 Å². The van der Waals surface area contributed by atoms with E-state index in [1.54, 1.807) is 6.07 Å². The van der Waals surface area contributed by atoms with E-state index in [2.05, 4.69) is 0 Å². The Bertz CT molecular complexity index is 411. The molecule has 0 spiro atoms. The largest absolute Gasteiger partial charge is 0.305 e. The molecule has 0 saturated heterocycles. The molecule has 0 aliphatic heterocycles. The van der Waals surface area contributed by atoms with Gasteiger partial charge in [0.1, 0.15) is 0 Å². The Hall–Kier alpha value is -1.16. The van der Waals surface area contributed by atoms with Crippen molar-refractivity contribution in [2.75, 3.05) is 0 Å². The lowest BCUT2D eigenvalue weighted by atomic mass is 9.96.